The average molecular weight is 240 g/mol. The van der Waals surface area contributed by atoms with E-state index in [1.165, 1.54) is 17.9 Å². The van der Waals surface area contributed by atoms with E-state index in [0.29, 0.717) is 12.8 Å². The number of methoxy groups -OCH3 is 1. The van der Waals surface area contributed by atoms with Gasteiger partial charge in [-0.15, -0.1) is 0 Å². The number of aromatic nitrogens is 2. The van der Waals surface area contributed by atoms with Gasteiger partial charge in [-0.05, 0) is 18.9 Å². The summed E-state index contributed by atoms with van der Waals surface area (Å²) in [5.41, 5.74) is 0.526. The molecule has 0 amide bonds. The summed E-state index contributed by atoms with van der Waals surface area (Å²) in [5, 5.41) is 9.25. The molecular formula is C11H16N2O4. The molecule has 1 aliphatic heterocycles. The lowest BCUT2D eigenvalue weighted by atomic mass is 10.2. The molecule has 0 aromatic carbocycles. The Morgan fingerprint density at radius 3 is 3.12 bits per heavy atom. The van der Waals surface area contributed by atoms with Crippen LogP contribution in [0.4, 0.5) is 0 Å². The van der Waals surface area contributed by atoms with E-state index in [9.17, 15) is 9.90 Å². The van der Waals surface area contributed by atoms with Gasteiger partial charge in [0.15, 0.2) is 5.79 Å². The summed E-state index contributed by atoms with van der Waals surface area (Å²) in [6.07, 6.45) is 3.94. The number of aryl methyl sites for hydroxylation is 1. The Morgan fingerprint density at radius 2 is 2.53 bits per heavy atom. The molecule has 1 aromatic rings. The molecule has 1 fully saturated rings. The number of hydrogen-bond donors (Lipinski definition) is 1. The van der Waals surface area contributed by atoms with E-state index in [1.807, 2.05) is 6.92 Å². The zero-order valence-corrected chi connectivity index (χ0v) is 9.92. The molecule has 6 heteroatoms. The van der Waals surface area contributed by atoms with E-state index in [1.54, 1.807) is 6.20 Å². The third-order valence-corrected chi connectivity index (χ3v) is 2.99. The van der Waals surface area contributed by atoms with Crippen molar-refractivity contribution in [3.8, 4) is 0 Å². The number of nitrogens with zero attached hydrogens (tertiary/aromatic N) is 2. The maximum absolute atomic E-state index is 11.6. The fourth-order valence-corrected chi connectivity index (χ4v) is 1.97. The minimum Gasteiger partial charge on any atom is -0.391 e. The number of aliphatic hydroxyl groups is 1. The van der Waals surface area contributed by atoms with E-state index in [4.69, 9.17) is 9.47 Å². The van der Waals surface area contributed by atoms with Gasteiger partial charge >= 0.3 is 5.69 Å². The van der Waals surface area contributed by atoms with Gasteiger partial charge in [-0.2, -0.15) is 0 Å². The number of hydrogen-bond acceptors (Lipinski definition) is 5. The van der Waals surface area contributed by atoms with Crippen LogP contribution >= 0.6 is 0 Å². The minimum absolute atomic E-state index is 0.228. The lowest BCUT2D eigenvalue weighted by Crippen LogP contribution is -2.36. The Hall–Kier alpha value is -1.24. The SMILES string of the molecule is CO[C@]1(CO)CC[C@H](n2cc(C)cnc2=O)O1. The lowest BCUT2D eigenvalue weighted by Gasteiger charge is -2.25. The first-order valence-corrected chi connectivity index (χ1v) is 5.49. The molecule has 94 valence electrons. The van der Waals surface area contributed by atoms with Crippen LogP contribution in [-0.2, 0) is 9.47 Å². The predicted molar refractivity (Wildman–Crippen MR) is 59.4 cm³/mol. The van der Waals surface area contributed by atoms with Gasteiger partial charge in [0.2, 0.25) is 0 Å². The lowest BCUT2D eigenvalue weighted by molar-refractivity contribution is -0.242. The smallest absolute Gasteiger partial charge is 0.349 e. The molecule has 0 unspecified atom stereocenters. The third kappa shape index (κ3) is 2.24. The van der Waals surface area contributed by atoms with Crippen molar-refractivity contribution in [1.82, 2.24) is 9.55 Å². The molecule has 0 aliphatic carbocycles. The second kappa shape index (κ2) is 4.56. The highest BCUT2D eigenvalue weighted by molar-refractivity contribution is 5.01. The van der Waals surface area contributed by atoms with Crippen LogP contribution in [0.5, 0.6) is 0 Å². The molecule has 6 nitrogen and oxygen atoms in total. The summed E-state index contributed by atoms with van der Waals surface area (Å²) in [5.74, 6) is -0.992. The Bertz CT molecular complexity index is 453. The fourth-order valence-electron chi connectivity index (χ4n) is 1.97. The van der Waals surface area contributed by atoms with Crippen molar-refractivity contribution in [2.24, 2.45) is 0 Å². The monoisotopic (exact) mass is 240 g/mol. The van der Waals surface area contributed by atoms with Gasteiger partial charge < -0.3 is 14.6 Å². The van der Waals surface area contributed by atoms with Gasteiger partial charge in [-0.1, -0.05) is 0 Å². The minimum atomic E-state index is -0.992. The average Bonchev–Trinajstić information content (AvgIpc) is 2.77. The largest absolute Gasteiger partial charge is 0.391 e. The van der Waals surface area contributed by atoms with Crippen LogP contribution in [0.15, 0.2) is 17.2 Å². The topological polar surface area (TPSA) is 73.6 Å². The van der Waals surface area contributed by atoms with Crippen molar-refractivity contribution in [2.45, 2.75) is 31.8 Å². The molecular weight excluding hydrogens is 224 g/mol. The van der Waals surface area contributed by atoms with E-state index < -0.39 is 12.0 Å². The van der Waals surface area contributed by atoms with E-state index in [-0.39, 0.29) is 12.3 Å². The summed E-state index contributed by atoms with van der Waals surface area (Å²) in [6, 6.07) is 0. The Morgan fingerprint density at radius 1 is 1.76 bits per heavy atom. The number of ether oxygens (including phenoxy) is 2. The molecule has 2 atom stereocenters. The van der Waals surface area contributed by atoms with Gasteiger partial charge in [0, 0.05) is 25.9 Å². The Balaban J connectivity index is 2.26. The highest BCUT2D eigenvalue weighted by Crippen LogP contribution is 2.35. The molecule has 0 saturated carbocycles. The summed E-state index contributed by atoms with van der Waals surface area (Å²) < 4.78 is 12.2. The van der Waals surface area contributed by atoms with Gasteiger partial charge in [0.25, 0.3) is 0 Å². The molecule has 2 rings (SSSR count). The summed E-state index contributed by atoms with van der Waals surface area (Å²) in [6.45, 7) is 1.63. The highest BCUT2D eigenvalue weighted by Gasteiger charge is 2.41. The van der Waals surface area contributed by atoms with Crippen LogP contribution in [0.3, 0.4) is 0 Å². The maximum atomic E-state index is 11.6. The van der Waals surface area contributed by atoms with Gasteiger partial charge in [-0.25, -0.2) is 9.78 Å². The summed E-state index contributed by atoms with van der Waals surface area (Å²) in [7, 11) is 1.48. The number of aliphatic hydroxyl groups excluding tert-OH is 1. The van der Waals surface area contributed by atoms with Crippen LogP contribution in [0.1, 0.15) is 24.6 Å². The molecule has 1 aliphatic rings. The summed E-state index contributed by atoms with van der Waals surface area (Å²) >= 11 is 0. The quantitative estimate of drug-likeness (QED) is 0.816. The first-order valence-electron chi connectivity index (χ1n) is 5.49. The molecule has 0 spiro atoms. The molecule has 1 saturated heterocycles. The summed E-state index contributed by atoms with van der Waals surface area (Å²) in [4.78, 5) is 15.4. The van der Waals surface area contributed by atoms with Crippen molar-refractivity contribution in [1.29, 1.82) is 0 Å². The van der Waals surface area contributed by atoms with Crippen LogP contribution < -0.4 is 5.69 Å². The van der Waals surface area contributed by atoms with Gasteiger partial charge in [0.1, 0.15) is 6.23 Å². The van der Waals surface area contributed by atoms with Crippen molar-refractivity contribution < 1.29 is 14.6 Å². The third-order valence-electron chi connectivity index (χ3n) is 2.99. The first kappa shape index (κ1) is 12.2. The van der Waals surface area contributed by atoms with Crippen LogP contribution in [-0.4, -0.2) is 34.2 Å². The molecule has 1 aromatic heterocycles. The van der Waals surface area contributed by atoms with Gasteiger partial charge in [-0.3, -0.25) is 4.57 Å². The highest BCUT2D eigenvalue weighted by atomic mass is 16.7. The first-order chi connectivity index (χ1) is 8.10. The van der Waals surface area contributed by atoms with Crippen molar-refractivity contribution >= 4 is 0 Å². The molecule has 0 radical (unpaired) electrons. The maximum Gasteiger partial charge on any atom is 0.349 e. The Labute approximate surface area is 98.8 Å². The second-order valence-corrected chi connectivity index (χ2v) is 4.21. The molecule has 0 bridgehead atoms. The van der Waals surface area contributed by atoms with Crippen LogP contribution in [0, 0.1) is 6.92 Å². The Kier molecular flexibility index (Phi) is 3.28. The fraction of sp³-hybridized carbons (Fsp3) is 0.636. The van der Waals surface area contributed by atoms with Crippen LogP contribution in [0.25, 0.3) is 0 Å². The standard InChI is InChI=1S/C11H16N2O4/c1-8-5-12-10(15)13(6-8)9-3-4-11(7-14,16-2)17-9/h5-6,9,14H,3-4,7H2,1-2H3/t9-,11-/m1/s1. The van der Waals surface area contributed by atoms with Crippen molar-refractivity contribution in [3.05, 3.63) is 28.4 Å². The van der Waals surface area contributed by atoms with E-state index >= 15 is 0 Å². The normalized spacial score (nSPS) is 28.5. The van der Waals surface area contributed by atoms with E-state index in [0.717, 1.165) is 5.56 Å². The molecule has 1 N–H and O–H groups in total. The molecule has 2 heterocycles. The van der Waals surface area contributed by atoms with Crippen molar-refractivity contribution in [2.75, 3.05) is 13.7 Å². The zero-order valence-electron chi connectivity index (χ0n) is 9.92. The van der Waals surface area contributed by atoms with E-state index in [2.05, 4.69) is 4.98 Å². The zero-order chi connectivity index (χ0) is 12.5. The van der Waals surface area contributed by atoms with Crippen LogP contribution in [0.2, 0.25) is 0 Å². The second-order valence-electron chi connectivity index (χ2n) is 4.21. The van der Waals surface area contributed by atoms with Crippen molar-refractivity contribution in [3.63, 3.8) is 0 Å². The predicted octanol–water partition coefficient (Wildman–Crippen LogP) is 0.196. The molecule has 17 heavy (non-hydrogen) atoms. The number of rotatable bonds is 3. The van der Waals surface area contributed by atoms with Gasteiger partial charge in [0.05, 0.1) is 6.61 Å².